The maximum absolute atomic E-state index is 12.0. The Bertz CT molecular complexity index is 712. The van der Waals surface area contributed by atoms with Gasteiger partial charge in [-0.25, -0.2) is 4.98 Å². The van der Waals surface area contributed by atoms with Crippen LogP contribution >= 0.6 is 11.6 Å². The molecule has 0 aromatic carbocycles. The number of ether oxygens (including phenoxy) is 1. The first-order valence-corrected chi connectivity index (χ1v) is 8.34. The largest absolute Gasteiger partial charge is 0.459 e. The third kappa shape index (κ3) is 2.72. The van der Waals surface area contributed by atoms with Crippen LogP contribution in [0.15, 0.2) is 24.5 Å². The summed E-state index contributed by atoms with van der Waals surface area (Å²) in [5.41, 5.74) is 1.56. The molecule has 0 saturated heterocycles. The third-order valence-electron chi connectivity index (χ3n) is 5.16. The van der Waals surface area contributed by atoms with Crippen molar-refractivity contribution in [1.82, 2.24) is 9.38 Å². The van der Waals surface area contributed by atoms with Gasteiger partial charge in [0.2, 0.25) is 0 Å². The number of carbonyl (C=O) groups excluding carboxylic acids is 1. The van der Waals surface area contributed by atoms with Crippen LogP contribution in [-0.2, 0) is 16.1 Å². The van der Waals surface area contributed by atoms with E-state index in [1.54, 1.807) is 12.3 Å². The van der Waals surface area contributed by atoms with E-state index in [1.165, 1.54) is 25.7 Å². The molecule has 2 aromatic heterocycles. The molecule has 4 rings (SSSR count). The fourth-order valence-electron chi connectivity index (χ4n) is 4.14. The van der Waals surface area contributed by atoms with E-state index < -0.39 is 0 Å². The van der Waals surface area contributed by atoms with Crippen LogP contribution in [0.3, 0.4) is 0 Å². The van der Waals surface area contributed by atoms with E-state index in [0.29, 0.717) is 17.4 Å². The lowest BCUT2D eigenvalue weighted by Crippen LogP contribution is -2.17. The molecule has 2 saturated carbocycles. The molecular weight excluding hydrogens is 300 g/mol. The summed E-state index contributed by atoms with van der Waals surface area (Å²) in [6, 6.07) is 3.65. The van der Waals surface area contributed by atoms with Crippen molar-refractivity contribution >= 4 is 23.2 Å². The number of esters is 1. The van der Waals surface area contributed by atoms with Crippen LogP contribution in [0.4, 0.5) is 0 Å². The minimum Gasteiger partial charge on any atom is -0.459 e. The molecular formula is C17H19ClN2O2. The van der Waals surface area contributed by atoms with Crippen molar-refractivity contribution in [3.8, 4) is 0 Å². The van der Waals surface area contributed by atoms with E-state index in [9.17, 15) is 4.79 Å². The second-order valence-corrected chi connectivity index (χ2v) is 7.08. The maximum Gasteiger partial charge on any atom is 0.306 e. The molecule has 0 radical (unpaired) electrons. The molecule has 2 aromatic rings. The van der Waals surface area contributed by atoms with Gasteiger partial charge in [0.05, 0.1) is 10.7 Å². The Kier molecular flexibility index (Phi) is 3.57. The van der Waals surface area contributed by atoms with Crippen molar-refractivity contribution < 1.29 is 9.53 Å². The first-order chi connectivity index (χ1) is 10.7. The molecule has 0 N–H and O–H groups in total. The lowest BCUT2D eigenvalue weighted by atomic mass is 9.86. The Hall–Kier alpha value is -1.55. The molecule has 0 amide bonds. The maximum atomic E-state index is 12.0. The predicted molar refractivity (Wildman–Crippen MR) is 83.6 cm³/mol. The normalized spacial score (nSPS) is 26.7. The van der Waals surface area contributed by atoms with Crippen molar-refractivity contribution in [3.63, 3.8) is 0 Å². The smallest absolute Gasteiger partial charge is 0.306 e. The monoisotopic (exact) mass is 318 g/mol. The molecule has 22 heavy (non-hydrogen) atoms. The highest BCUT2D eigenvalue weighted by atomic mass is 35.5. The van der Waals surface area contributed by atoms with Gasteiger partial charge >= 0.3 is 5.97 Å². The van der Waals surface area contributed by atoms with Gasteiger partial charge in [-0.15, -0.1) is 0 Å². The molecule has 2 heterocycles. The molecule has 2 aliphatic rings. The topological polar surface area (TPSA) is 43.6 Å². The number of fused-ring (bicyclic) bond motifs is 3. The van der Waals surface area contributed by atoms with Crippen LogP contribution in [0, 0.1) is 17.8 Å². The Morgan fingerprint density at radius 1 is 1.32 bits per heavy atom. The van der Waals surface area contributed by atoms with Crippen LogP contribution in [0.5, 0.6) is 0 Å². The van der Waals surface area contributed by atoms with Gasteiger partial charge in [0, 0.05) is 18.8 Å². The number of rotatable bonds is 4. The summed E-state index contributed by atoms with van der Waals surface area (Å²) in [6.45, 7) is 0.235. The van der Waals surface area contributed by atoms with Crippen molar-refractivity contribution in [1.29, 1.82) is 0 Å². The minimum absolute atomic E-state index is 0.0901. The van der Waals surface area contributed by atoms with E-state index in [0.717, 1.165) is 23.2 Å². The number of aromatic nitrogens is 2. The van der Waals surface area contributed by atoms with Gasteiger partial charge in [-0.2, -0.15) is 0 Å². The summed E-state index contributed by atoms with van der Waals surface area (Å²) in [5.74, 6) is 2.08. The summed E-state index contributed by atoms with van der Waals surface area (Å²) in [7, 11) is 0. The zero-order valence-electron chi connectivity index (χ0n) is 12.4. The minimum atomic E-state index is -0.0901. The summed E-state index contributed by atoms with van der Waals surface area (Å²) < 4.78 is 7.26. The van der Waals surface area contributed by atoms with E-state index in [-0.39, 0.29) is 12.6 Å². The first kappa shape index (κ1) is 14.1. The van der Waals surface area contributed by atoms with Crippen molar-refractivity contribution in [2.75, 3.05) is 0 Å². The average Bonchev–Trinajstić information content (AvgIpc) is 3.18. The third-order valence-corrected chi connectivity index (χ3v) is 5.38. The lowest BCUT2D eigenvalue weighted by molar-refractivity contribution is -0.146. The second-order valence-electron chi connectivity index (χ2n) is 6.64. The number of hydrogen-bond acceptors (Lipinski definition) is 3. The highest BCUT2D eigenvalue weighted by Crippen LogP contribution is 2.49. The van der Waals surface area contributed by atoms with E-state index in [4.69, 9.17) is 16.3 Å². The second kappa shape index (κ2) is 5.58. The SMILES string of the molecule is O=C(CC1CC2CCC1C2)OCc1cn2cc(Cl)ccc2n1. The Morgan fingerprint density at radius 2 is 2.23 bits per heavy atom. The Balaban J connectivity index is 1.34. The van der Waals surface area contributed by atoms with E-state index in [2.05, 4.69) is 4.98 Å². The Labute approximate surface area is 134 Å². The molecule has 116 valence electrons. The summed E-state index contributed by atoms with van der Waals surface area (Å²) in [4.78, 5) is 16.5. The van der Waals surface area contributed by atoms with Crippen LogP contribution in [-0.4, -0.2) is 15.4 Å². The fourth-order valence-corrected chi connectivity index (χ4v) is 4.31. The molecule has 5 heteroatoms. The summed E-state index contributed by atoms with van der Waals surface area (Å²) >= 11 is 5.95. The zero-order chi connectivity index (χ0) is 15.1. The van der Waals surface area contributed by atoms with Crippen LogP contribution in [0.1, 0.15) is 37.8 Å². The van der Waals surface area contributed by atoms with Gasteiger partial charge in [0.1, 0.15) is 12.3 Å². The van der Waals surface area contributed by atoms with Gasteiger partial charge < -0.3 is 9.14 Å². The van der Waals surface area contributed by atoms with Gasteiger partial charge in [-0.1, -0.05) is 18.0 Å². The van der Waals surface area contributed by atoms with Crippen molar-refractivity contribution in [2.24, 2.45) is 17.8 Å². The number of hydrogen-bond donors (Lipinski definition) is 0. The van der Waals surface area contributed by atoms with Gasteiger partial charge in [-0.05, 0) is 49.1 Å². The highest BCUT2D eigenvalue weighted by molar-refractivity contribution is 6.30. The average molecular weight is 319 g/mol. The molecule has 4 nitrogen and oxygen atoms in total. The van der Waals surface area contributed by atoms with E-state index >= 15 is 0 Å². The van der Waals surface area contributed by atoms with Gasteiger partial charge in [-0.3, -0.25) is 4.79 Å². The molecule has 0 aliphatic heterocycles. The molecule has 2 fully saturated rings. The molecule has 0 spiro atoms. The number of imidazole rings is 1. The lowest BCUT2D eigenvalue weighted by Gasteiger charge is -2.20. The molecule has 2 aliphatic carbocycles. The Morgan fingerprint density at radius 3 is 3.00 bits per heavy atom. The first-order valence-electron chi connectivity index (χ1n) is 7.96. The standard InChI is InChI=1S/C17H19ClN2O2/c18-14-3-4-16-19-15(9-20(16)8-14)10-22-17(21)7-13-6-11-1-2-12(13)5-11/h3-4,8-9,11-13H,1-2,5-7,10H2. The number of pyridine rings is 1. The quantitative estimate of drug-likeness (QED) is 0.804. The van der Waals surface area contributed by atoms with E-state index in [1.807, 2.05) is 16.7 Å². The molecule has 3 atom stereocenters. The van der Waals surface area contributed by atoms with Crippen LogP contribution < -0.4 is 0 Å². The van der Waals surface area contributed by atoms with Crippen LogP contribution in [0.2, 0.25) is 5.02 Å². The number of halogens is 1. The van der Waals surface area contributed by atoms with Gasteiger partial charge in [0.25, 0.3) is 0 Å². The summed E-state index contributed by atoms with van der Waals surface area (Å²) in [5, 5.41) is 0.657. The van der Waals surface area contributed by atoms with Gasteiger partial charge in [0.15, 0.2) is 0 Å². The molecule has 3 unspecified atom stereocenters. The number of nitrogens with zero attached hydrogens (tertiary/aromatic N) is 2. The van der Waals surface area contributed by atoms with Crippen molar-refractivity contribution in [3.05, 3.63) is 35.2 Å². The van der Waals surface area contributed by atoms with Crippen molar-refractivity contribution in [2.45, 2.75) is 38.7 Å². The molecule has 2 bridgehead atoms. The van der Waals surface area contributed by atoms with Crippen LogP contribution in [0.25, 0.3) is 5.65 Å². The highest BCUT2D eigenvalue weighted by Gasteiger charge is 2.40. The fraction of sp³-hybridized carbons (Fsp3) is 0.529. The predicted octanol–water partition coefficient (Wildman–Crippen LogP) is 3.86. The zero-order valence-corrected chi connectivity index (χ0v) is 13.1. The number of carbonyl (C=O) groups is 1. The summed E-state index contributed by atoms with van der Waals surface area (Å²) in [6.07, 6.45) is 9.42.